The van der Waals surface area contributed by atoms with Gasteiger partial charge in [-0.25, -0.2) is 9.69 Å². The summed E-state index contributed by atoms with van der Waals surface area (Å²) in [5.41, 5.74) is 1.58. The van der Waals surface area contributed by atoms with Crippen LogP contribution < -0.4 is 24.4 Å². The molecule has 3 aromatic rings. The van der Waals surface area contributed by atoms with Gasteiger partial charge in [0.2, 0.25) is 0 Å². The first-order valence-corrected chi connectivity index (χ1v) is 11.4. The highest BCUT2D eigenvalue weighted by Gasteiger charge is 2.37. The highest BCUT2D eigenvalue weighted by Crippen LogP contribution is 2.28. The Balaban J connectivity index is 1.54. The number of carbonyl (C=O) groups is 3. The predicted molar refractivity (Wildman–Crippen MR) is 136 cm³/mol. The lowest BCUT2D eigenvalue weighted by Gasteiger charge is -2.26. The number of ether oxygens (including phenoxy) is 3. The van der Waals surface area contributed by atoms with Crippen LogP contribution in [0.5, 0.6) is 17.2 Å². The third-order valence-corrected chi connectivity index (χ3v) is 5.57. The number of urea groups is 1. The van der Waals surface area contributed by atoms with Gasteiger partial charge in [-0.15, -0.1) is 0 Å². The fourth-order valence-electron chi connectivity index (χ4n) is 3.49. The van der Waals surface area contributed by atoms with Crippen LogP contribution in [0.15, 0.2) is 72.3 Å². The van der Waals surface area contributed by atoms with E-state index < -0.39 is 17.8 Å². The maximum Gasteiger partial charge on any atom is 0.335 e. The Hall–Kier alpha value is -4.30. The van der Waals surface area contributed by atoms with E-state index in [4.69, 9.17) is 25.8 Å². The van der Waals surface area contributed by atoms with Crippen molar-refractivity contribution in [3.05, 3.63) is 88.5 Å². The zero-order valence-corrected chi connectivity index (χ0v) is 20.4. The highest BCUT2D eigenvalue weighted by atomic mass is 35.5. The maximum absolute atomic E-state index is 13.2. The first kappa shape index (κ1) is 24.8. The van der Waals surface area contributed by atoms with Gasteiger partial charge in [-0.1, -0.05) is 29.3 Å². The number of nitrogens with one attached hydrogen (secondary N) is 1. The van der Waals surface area contributed by atoms with Crippen molar-refractivity contribution in [2.45, 2.75) is 6.92 Å². The second-order valence-electron chi connectivity index (χ2n) is 7.85. The molecule has 1 N–H and O–H groups in total. The van der Waals surface area contributed by atoms with Gasteiger partial charge in [0.05, 0.1) is 12.8 Å². The zero-order chi connectivity index (χ0) is 25.7. The van der Waals surface area contributed by atoms with E-state index >= 15 is 0 Å². The number of benzene rings is 3. The van der Waals surface area contributed by atoms with Crippen LogP contribution >= 0.6 is 11.6 Å². The van der Waals surface area contributed by atoms with E-state index in [0.717, 1.165) is 16.2 Å². The number of carbonyl (C=O) groups excluding carboxylic acids is 3. The number of hydrogen-bond donors (Lipinski definition) is 1. The van der Waals surface area contributed by atoms with Crippen LogP contribution in [0.4, 0.5) is 10.5 Å². The molecule has 4 amide bonds. The molecule has 4 rings (SSSR count). The number of methoxy groups -OCH3 is 1. The summed E-state index contributed by atoms with van der Waals surface area (Å²) in [6.07, 6.45) is 1.35. The Labute approximate surface area is 213 Å². The Kier molecular flexibility index (Phi) is 7.56. The van der Waals surface area contributed by atoms with Crippen molar-refractivity contribution in [1.82, 2.24) is 5.32 Å². The Morgan fingerprint density at radius 1 is 0.889 bits per heavy atom. The van der Waals surface area contributed by atoms with Gasteiger partial charge in [0.25, 0.3) is 11.8 Å². The van der Waals surface area contributed by atoms with Gasteiger partial charge in [-0.05, 0) is 67.6 Å². The molecule has 0 saturated carbocycles. The highest BCUT2D eigenvalue weighted by molar-refractivity contribution is 6.39. The van der Waals surface area contributed by atoms with Crippen molar-refractivity contribution in [3.63, 3.8) is 0 Å². The fourth-order valence-corrected chi connectivity index (χ4v) is 3.67. The molecule has 1 saturated heterocycles. The first-order chi connectivity index (χ1) is 17.4. The summed E-state index contributed by atoms with van der Waals surface area (Å²) in [7, 11) is 1.51. The lowest BCUT2D eigenvalue weighted by molar-refractivity contribution is -0.122. The molecule has 8 nitrogen and oxygen atoms in total. The fraction of sp³-hybridized carbons (Fsp3) is 0.148. The van der Waals surface area contributed by atoms with Gasteiger partial charge in [0.15, 0.2) is 0 Å². The summed E-state index contributed by atoms with van der Waals surface area (Å²) in [6.45, 7) is 2.48. The minimum atomic E-state index is -0.844. The Morgan fingerprint density at radius 3 is 2.25 bits per heavy atom. The van der Waals surface area contributed by atoms with Crippen LogP contribution in [-0.4, -0.2) is 38.2 Å². The van der Waals surface area contributed by atoms with Crippen molar-refractivity contribution in [1.29, 1.82) is 0 Å². The number of anilines is 1. The topological polar surface area (TPSA) is 94.2 Å². The van der Waals surface area contributed by atoms with E-state index in [1.165, 1.54) is 13.2 Å². The van der Waals surface area contributed by atoms with Crippen molar-refractivity contribution in [3.8, 4) is 17.2 Å². The van der Waals surface area contributed by atoms with Gasteiger partial charge < -0.3 is 14.2 Å². The molecule has 0 spiro atoms. The number of halogens is 1. The molecule has 1 fully saturated rings. The van der Waals surface area contributed by atoms with Gasteiger partial charge in [-0.2, -0.15) is 0 Å². The lowest BCUT2D eigenvalue weighted by atomic mass is 10.1. The van der Waals surface area contributed by atoms with Crippen molar-refractivity contribution in [2.75, 3.05) is 25.2 Å². The quantitative estimate of drug-likeness (QED) is 0.268. The minimum absolute atomic E-state index is 0.211. The van der Waals surface area contributed by atoms with Gasteiger partial charge >= 0.3 is 6.03 Å². The van der Waals surface area contributed by atoms with E-state index in [1.54, 1.807) is 42.5 Å². The molecule has 0 aromatic heterocycles. The molecule has 0 radical (unpaired) electrons. The Morgan fingerprint density at radius 2 is 1.56 bits per heavy atom. The first-order valence-electron chi connectivity index (χ1n) is 11.0. The van der Waals surface area contributed by atoms with Crippen LogP contribution in [0.25, 0.3) is 6.08 Å². The maximum atomic E-state index is 13.2. The van der Waals surface area contributed by atoms with Crippen LogP contribution in [0, 0.1) is 6.92 Å². The minimum Gasteiger partial charge on any atom is -0.497 e. The summed E-state index contributed by atoms with van der Waals surface area (Å²) in [5.74, 6) is 0.0804. The molecule has 0 aliphatic carbocycles. The molecule has 0 atom stereocenters. The van der Waals surface area contributed by atoms with E-state index in [-0.39, 0.29) is 24.5 Å². The number of rotatable bonds is 8. The molecule has 3 aromatic carbocycles. The summed E-state index contributed by atoms with van der Waals surface area (Å²) in [4.78, 5) is 39.1. The molecule has 1 heterocycles. The molecule has 184 valence electrons. The molecule has 9 heteroatoms. The van der Waals surface area contributed by atoms with Crippen molar-refractivity contribution in [2.24, 2.45) is 0 Å². The number of nitrogens with zero attached hydrogens (tertiary/aromatic N) is 1. The number of amides is 4. The van der Waals surface area contributed by atoms with Crippen molar-refractivity contribution >= 4 is 41.2 Å². The van der Waals surface area contributed by atoms with Crippen LogP contribution in [0.2, 0.25) is 5.02 Å². The largest absolute Gasteiger partial charge is 0.497 e. The smallest absolute Gasteiger partial charge is 0.335 e. The molecule has 1 aliphatic rings. The van der Waals surface area contributed by atoms with E-state index in [2.05, 4.69) is 5.32 Å². The number of barbiturate groups is 1. The third kappa shape index (κ3) is 5.67. The normalized spacial score (nSPS) is 14.6. The van der Waals surface area contributed by atoms with Crippen LogP contribution in [0.1, 0.15) is 11.1 Å². The molecule has 36 heavy (non-hydrogen) atoms. The average molecular weight is 507 g/mol. The van der Waals surface area contributed by atoms with Gasteiger partial charge in [0, 0.05) is 10.6 Å². The summed E-state index contributed by atoms with van der Waals surface area (Å²) in [6, 6.07) is 18.0. The second-order valence-corrected chi connectivity index (χ2v) is 8.28. The summed E-state index contributed by atoms with van der Waals surface area (Å²) in [5, 5.41) is 2.59. The van der Waals surface area contributed by atoms with Gasteiger partial charge in [0.1, 0.15) is 36.0 Å². The molecule has 0 unspecified atom stereocenters. The summed E-state index contributed by atoms with van der Waals surface area (Å²) < 4.78 is 16.6. The van der Waals surface area contributed by atoms with E-state index in [1.807, 2.05) is 31.2 Å². The molecular weight excluding hydrogens is 484 g/mol. The monoisotopic (exact) mass is 506 g/mol. The number of hydrogen-bond acceptors (Lipinski definition) is 6. The van der Waals surface area contributed by atoms with Crippen LogP contribution in [0.3, 0.4) is 0 Å². The zero-order valence-electron chi connectivity index (χ0n) is 19.6. The predicted octanol–water partition coefficient (Wildman–Crippen LogP) is 4.78. The molecular formula is C27H23ClN2O6. The number of imide groups is 2. The number of aryl methyl sites for hydroxylation is 1. The third-order valence-electron chi connectivity index (χ3n) is 5.33. The molecule has 1 aliphatic heterocycles. The van der Waals surface area contributed by atoms with Gasteiger partial charge in [-0.3, -0.25) is 14.9 Å². The SMILES string of the molecule is COc1ccc(N2C(=O)NC(=O)/C(=C\c3cc(Cl)ccc3OCCOc3ccc(C)cc3)C2=O)cc1. The second kappa shape index (κ2) is 11.0. The van der Waals surface area contributed by atoms with E-state index in [9.17, 15) is 14.4 Å². The standard InChI is InChI=1S/C27H23ClN2O6/c1-17-3-8-22(9-4-17)35-13-14-36-24-12-5-19(28)15-18(24)16-23-25(31)29-27(33)30(26(23)32)20-6-10-21(34-2)11-7-20/h3-12,15-16H,13-14H2,1-2H3,(H,29,31,33)/b23-16+. The lowest BCUT2D eigenvalue weighted by Crippen LogP contribution is -2.54. The van der Waals surface area contributed by atoms with E-state index in [0.29, 0.717) is 22.1 Å². The molecule has 0 bridgehead atoms. The summed E-state index contributed by atoms with van der Waals surface area (Å²) >= 11 is 6.17. The van der Waals surface area contributed by atoms with Crippen LogP contribution in [-0.2, 0) is 9.59 Å². The average Bonchev–Trinajstić information content (AvgIpc) is 2.87. The Bertz CT molecular complexity index is 1320. The van der Waals surface area contributed by atoms with Crippen molar-refractivity contribution < 1.29 is 28.6 Å².